The average Bonchev–Trinajstić information content (AvgIpc) is 3.41. The minimum atomic E-state index is -0.690. The number of nitrogens with zero attached hydrogens (tertiary/aromatic N) is 5. The Kier molecular flexibility index (Phi) is 5.58. The van der Waals surface area contributed by atoms with Crippen molar-refractivity contribution in [2.75, 3.05) is 0 Å². The molecule has 0 spiro atoms. The summed E-state index contributed by atoms with van der Waals surface area (Å²) in [6.45, 7) is 4.43. The van der Waals surface area contributed by atoms with E-state index in [9.17, 15) is 13.6 Å². The number of aromatic nitrogens is 2. The molecule has 31 heavy (non-hydrogen) atoms. The quantitative estimate of drug-likeness (QED) is 0.553. The fraction of sp³-hybridized carbons (Fsp3) is 0.217. The molecule has 8 heteroatoms. The van der Waals surface area contributed by atoms with E-state index in [4.69, 9.17) is 5.26 Å². The van der Waals surface area contributed by atoms with Crippen LogP contribution in [0.1, 0.15) is 36.4 Å². The molecular formula is C23H19F2N5O. The van der Waals surface area contributed by atoms with Gasteiger partial charge in [0.15, 0.2) is 0 Å². The molecule has 6 nitrogen and oxygen atoms in total. The van der Waals surface area contributed by atoms with Crippen LogP contribution < -0.4 is 0 Å². The van der Waals surface area contributed by atoms with Gasteiger partial charge in [-0.15, -0.1) is 0 Å². The molecule has 0 radical (unpaired) electrons. The Morgan fingerprint density at radius 3 is 2.90 bits per heavy atom. The van der Waals surface area contributed by atoms with Crippen LogP contribution in [0.4, 0.5) is 8.78 Å². The van der Waals surface area contributed by atoms with E-state index in [1.807, 2.05) is 10.7 Å². The first-order valence-corrected chi connectivity index (χ1v) is 9.82. The molecule has 3 aromatic rings. The Balaban J connectivity index is 1.40. The van der Waals surface area contributed by atoms with Crippen LogP contribution in [0.5, 0.6) is 0 Å². The number of rotatable bonds is 6. The van der Waals surface area contributed by atoms with Crippen LogP contribution in [0, 0.1) is 23.0 Å². The number of benzene rings is 2. The fourth-order valence-corrected chi connectivity index (χ4v) is 3.68. The summed E-state index contributed by atoms with van der Waals surface area (Å²) in [4.78, 5) is 12.8. The van der Waals surface area contributed by atoms with Crippen LogP contribution in [-0.4, -0.2) is 26.9 Å². The summed E-state index contributed by atoms with van der Waals surface area (Å²) in [6, 6.07) is 9.96. The van der Waals surface area contributed by atoms with Gasteiger partial charge < -0.3 is 0 Å². The molecule has 156 valence electrons. The van der Waals surface area contributed by atoms with Gasteiger partial charge in [-0.2, -0.15) is 15.5 Å². The second-order valence-corrected chi connectivity index (χ2v) is 7.33. The summed E-state index contributed by atoms with van der Waals surface area (Å²) in [6.07, 6.45) is 4.54. The van der Waals surface area contributed by atoms with E-state index in [2.05, 4.69) is 22.8 Å². The number of nitriles is 1. The molecule has 0 saturated carbocycles. The first-order valence-electron chi connectivity index (χ1n) is 9.82. The van der Waals surface area contributed by atoms with Gasteiger partial charge in [-0.05, 0) is 49.2 Å². The zero-order valence-electron chi connectivity index (χ0n) is 16.6. The molecule has 0 aliphatic carbocycles. The van der Waals surface area contributed by atoms with Crippen molar-refractivity contribution in [1.29, 1.82) is 5.26 Å². The van der Waals surface area contributed by atoms with Gasteiger partial charge in [-0.1, -0.05) is 6.58 Å². The number of carbonyl (C=O) groups excluding carboxylic acids is 1. The zero-order valence-corrected chi connectivity index (χ0v) is 16.6. The van der Waals surface area contributed by atoms with Crippen LogP contribution in [-0.2, 0) is 11.3 Å². The molecule has 1 aliphatic rings. The summed E-state index contributed by atoms with van der Waals surface area (Å²) < 4.78 is 29.6. The molecule has 1 aromatic heterocycles. The molecular weight excluding hydrogens is 400 g/mol. The third-order valence-electron chi connectivity index (χ3n) is 5.28. The van der Waals surface area contributed by atoms with Crippen molar-refractivity contribution in [2.45, 2.75) is 31.8 Å². The van der Waals surface area contributed by atoms with Crippen LogP contribution in [0.15, 0.2) is 59.8 Å². The first-order chi connectivity index (χ1) is 15.0. The van der Waals surface area contributed by atoms with Crippen molar-refractivity contribution >= 4 is 23.0 Å². The van der Waals surface area contributed by atoms with Crippen molar-refractivity contribution < 1.29 is 13.6 Å². The van der Waals surface area contributed by atoms with Gasteiger partial charge in [0, 0.05) is 35.7 Å². The molecule has 1 aliphatic heterocycles. The van der Waals surface area contributed by atoms with E-state index in [1.165, 1.54) is 11.2 Å². The summed E-state index contributed by atoms with van der Waals surface area (Å²) in [7, 11) is 0. The summed E-state index contributed by atoms with van der Waals surface area (Å²) in [5, 5.41) is 19.5. The topological polar surface area (TPSA) is 74.3 Å². The molecule has 0 bridgehead atoms. The van der Waals surface area contributed by atoms with Gasteiger partial charge in [0.05, 0.1) is 29.4 Å². The summed E-state index contributed by atoms with van der Waals surface area (Å²) in [5.41, 5.74) is 1.91. The Morgan fingerprint density at radius 2 is 2.10 bits per heavy atom. The average molecular weight is 419 g/mol. The summed E-state index contributed by atoms with van der Waals surface area (Å²) in [5.74, 6) is -1.56. The van der Waals surface area contributed by atoms with Crippen molar-refractivity contribution in [3.05, 3.63) is 77.5 Å². The Bertz CT molecular complexity index is 1240. The third kappa shape index (κ3) is 4.08. The van der Waals surface area contributed by atoms with E-state index in [0.717, 1.165) is 29.1 Å². The minimum absolute atomic E-state index is 0.0957. The lowest BCUT2D eigenvalue weighted by molar-refractivity contribution is -0.129. The smallest absolute Gasteiger partial charge is 0.268 e. The zero-order chi connectivity index (χ0) is 22.0. The van der Waals surface area contributed by atoms with Gasteiger partial charge in [0.25, 0.3) is 5.91 Å². The molecule has 1 amide bonds. The van der Waals surface area contributed by atoms with E-state index in [1.54, 1.807) is 18.3 Å². The number of amides is 1. The predicted molar refractivity (Wildman–Crippen MR) is 112 cm³/mol. The molecule has 2 aromatic carbocycles. The van der Waals surface area contributed by atoms with Crippen molar-refractivity contribution in [3.8, 4) is 6.07 Å². The first kappa shape index (κ1) is 20.4. The molecule has 0 saturated heterocycles. The summed E-state index contributed by atoms with van der Waals surface area (Å²) >= 11 is 0. The molecule has 0 N–H and O–H groups in total. The van der Waals surface area contributed by atoms with Gasteiger partial charge in [0.1, 0.15) is 11.6 Å². The Labute approximate surface area is 177 Å². The van der Waals surface area contributed by atoms with Crippen molar-refractivity contribution in [2.24, 2.45) is 5.10 Å². The Morgan fingerprint density at radius 1 is 1.26 bits per heavy atom. The van der Waals surface area contributed by atoms with Crippen molar-refractivity contribution in [3.63, 3.8) is 0 Å². The number of aryl methyl sites for hydroxylation is 1. The fourth-order valence-electron chi connectivity index (χ4n) is 3.68. The number of hydrogen-bond donors (Lipinski definition) is 0. The van der Waals surface area contributed by atoms with Crippen LogP contribution >= 0.6 is 0 Å². The van der Waals surface area contributed by atoms with Gasteiger partial charge >= 0.3 is 0 Å². The van der Waals surface area contributed by atoms with Crippen LogP contribution in [0.25, 0.3) is 10.9 Å². The largest absolute Gasteiger partial charge is 0.269 e. The number of hydrogen-bond acceptors (Lipinski definition) is 4. The number of hydrazone groups is 1. The number of halogens is 2. The van der Waals surface area contributed by atoms with Gasteiger partial charge in [0.2, 0.25) is 0 Å². The van der Waals surface area contributed by atoms with Crippen LogP contribution in [0.3, 0.4) is 0 Å². The van der Waals surface area contributed by atoms with E-state index in [-0.39, 0.29) is 5.56 Å². The maximum Gasteiger partial charge on any atom is 0.269 e. The van der Waals surface area contributed by atoms with E-state index < -0.39 is 23.6 Å². The molecule has 0 fully saturated rings. The normalized spacial score (nSPS) is 15.4. The standard InChI is InChI=1S/C23H19F2N5O/c1-15(3-2-10-29-21-7-4-16(13-26)11-17(21)14-28-29)23(31)30-22(8-9-27-30)19-12-18(24)5-6-20(19)25/h4-7,9,11-12,14,22H,1-3,8,10H2. The highest BCUT2D eigenvalue weighted by Crippen LogP contribution is 2.32. The second-order valence-electron chi connectivity index (χ2n) is 7.33. The lowest BCUT2D eigenvalue weighted by Crippen LogP contribution is -2.29. The maximum atomic E-state index is 14.2. The van der Waals surface area contributed by atoms with Crippen LogP contribution in [0.2, 0.25) is 0 Å². The van der Waals surface area contributed by atoms with Gasteiger partial charge in [-0.25, -0.2) is 13.8 Å². The lowest BCUT2D eigenvalue weighted by Gasteiger charge is -2.23. The predicted octanol–water partition coefficient (Wildman–Crippen LogP) is 4.48. The number of fused-ring (bicyclic) bond motifs is 1. The minimum Gasteiger partial charge on any atom is -0.268 e. The maximum absolute atomic E-state index is 14.2. The molecule has 4 rings (SSSR count). The SMILES string of the molecule is C=C(CCCn1ncc2cc(C#N)ccc21)C(=O)N1N=CCC1c1cc(F)ccc1F. The monoisotopic (exact) mass is 419 g/mol. The highest BCUT2D eigenvalue weighted by Gasteiger charge is 2.31. The molecule has 1 atom stereocenters. The van der Waals surface area contributed by atoms with E-state index >= 15 is 0 Å². The second kappa shape index (κ2) is 8.48. The lowest BCUT2D eigenvalue weighted by atomic mass is 10.0. The highest BCUT2D eigenvalue weighted by atomic mass is 19.1. The van der Waals surface area contributed by atoms with E-state index in [0.29, 0.717) is 36.9 Å². The molecule has 1 unspecified atom stereocenters. The number of carbonyl (C=O) groups is 1. The third-order valence-corrected chi connectivity index (χ3v) is 5.28. The van der Waals surface area contributed by atoms with Gasteiger partial charge in [-0.3, -0.25) is 9.48 Å². The molecule has 2 heterocycles. The highest BCUT2D eigenvalue weighted by molar-refractivity contribution is 5.94. The van der Waals surface area contributed by atoms with Crippen molar-refractivity contribution in [1.82, 2.24) is 14.8 Å². The Hall–Kier alpha value is -3.86.